The molecule has 0 radical (unpaired) electrons. The van der Waals surface area contributed by atoms with Gasteiger partial charge in [-0.25, -0.2) is 4.98 Å². The SMILES string of the molecule is CCN(CC)CCN(C(=O)c1nn(C)cc1C)c1nc2c(OC)ccc(Cl)c2s1. The van der Waals surface area contributed by atoms with Crippen LogP contribution < -0.4 is 9.64 Å². The molecule has 1 aromatic carbocycles. The number of thiazole rings is 1. The molecule has 0 aliphatic heterocycles. The number of rotatable bonds is 8. The van der Waals surface area contributed by atoms with Gasteiger partial charge in [-0.05, 0) is 32.1 Å². The van der Waals surface area contributed by atoms with Crippen molar-refractivity contribution < 1.29 is 9.53 Å². The Morgan fingerprint density at radius 1 is 1.28 bits per heavy atom. The van der Waals surface area contributed by atoms with Crippen molar-refractivity contribution in [1.29, 1.82) is 0 Å². The summed E-state index contributed by atoms with van der Waals surface area (Å²) in [4.78, 5) is 22.1. The quantitative estimate of drug-likeness (QED) is 0.535. The number of likely N-dealkylation sites (N-methyl/N-ethyl adjacent to an activating group) is 1. The number of amides is 1. The van der Waals surface area contributed by atoms with Crippen LogP contribution in [0.3, 0.4) is 0 Å². The lowest BCUT2D eigenvalue weighted by molar-refractivity contribution is 0.0977. The standard InChI is InChI=1S/C20H26ClN5O2S/c1-6-25(7-2)10-11-26(19(27)16-13(3)12-24(4)23-16)20-22-17-15(28-5)9-8-14(21)18(17)29-20/h8-9,12H,6-7,10-11H2,1-5H3. The number of halogens is 1. The summed E-state index contributed by atoms with van der Waals surface area (Å²) in [6.45, 7) is 9.20. The molecule has 0 spiro atoms. The number of ether oxygens (including phenoxy) is 1. The van der Waals surface area contributed by atoms with Gasteiger partial charge in [-0.1, -0.05) is 36.8 Å². The van der Waals surface area contributed by atoms with Crippen LogP contribution in [0, 0.1) is 6.92 Å². The van der Waals surface area contributed by atoms with Crippen molar-refractivity contribution in [2.24, 2.45) is 7.05 Å². The molecule has 3 rings (SSSR count). The van der Waals surface area contributed by atoms with E-state index < -0.39 is 0 Å². The minimum absolute atomic E-state index is 0.163. The summed E-state index contributed by atoms with van der Waals surface area (Å²) in [5.74, 6) is 0.474. The van der Waals surface area contributed by atoms with Crippen LogP contribution in [0.25, 0.3) is 10.2 Å². The molecule has 0 saturated heterocycles. The average Bonchev–Trinajstić information content (AvgIpc) is 3.29. The van der Waals surface area contributed by atoms with E-state index in [-0.39, 0.29) is 5.91 Å². The first-order valence-electron chi connectivity index (χ1n) is 9.57. The Labute approximate surface area is 179 Å². The first kappa shape index (κ1) is 21.5. The minimum atomic E-state index is -0.163. The highest BCUT2D eigenvalue weighted by Gasteiger charge is 2.26. The Morgan fingerprint density at radius 3 is 2.59 bits per heavy atom. The highest BCUT2D eigenvalue weighted by Crippen LogP contribution is 2.39. The Kier molecular flexibility index (Phi) is 6.77. The molecule has 2 heterocycles. The molecule has 3 aromatic rings. The molecule has 2 aromatic heterocycles. The maximum absolute atomic E-state index is 13.4. The Morgan fingerprint density at radius 2 is 2.00 bits per heavy atom. The van der Waals surface area contributed by atoms with Gasteiger partial charge in [0.2, 0.25) is 0 Å². The second-order valence-electron chi connectivity index (χ2n) is 6.74. The lowest BCUT2D eigenvalue weighted by Crippen LogP contribution is -2.39. The van der Waals surface area contributed by atoms with Crippen molar-refractivity contribution in [3.05, 3.63) is 34.6 Å². The fraction of sp³-hybridized carbons (Fsp3) is 0.450. The number of carbonyl (C=O) groups excluding carboxylic acids is 1. The lowest BCUT2D eigenvalue weighted by Gasteiger charge is -2.24. The molecule has 7 nitrogen and oxygen atoms in total. The monoisotopic (exact) mass is 435 g/mol. The van der Waals surface area contributed by atoms with E-state index in [1.807, 2.05) is 20.2 Å². The molecule has 0 aliphatic rings. The van der Waals surface area contributed by atoms with Crippen molar-refractivity contribution >= 4 is 44.2 Å². The topological polar surface area (TPSA) is 63.5 Å². The molecule has 0 bridgehead atoms. The van der Waals surface area contributed by atoms with E-state index in [9.17, 15) is 4.79 Å². The number of hydrogen-bond acceptors (Lipinski definition) is 6. The molecule has 156 valence electrons. The molecule has 9 heteroatoms. The number of carbonyl (C=O) groups is 1. The lowest BCUT2D eigenvalue weighted by atomic mass is 10.2. The summed E-state index contributed by atoms with van der Waals surface area (Å²) in [5, 5.41) is 5.55. The molecule has 0 saturated carbocycles. The fourth-order valence-corrected chi connectivity index (χ4v) is 4.51. The smallest absolute Gasteiger partial charge is 0.280 e. The fourth-order valence-electron chi connectivity index (χ4n) is 3.23. The molecular weight excluding hydrogens is 410 g/mol. The van der Waals surface area contributed by atoms with Gasteiger partial charge in [0.1, 0.15) is 11.3 Å². The van der Waals surface area contributed by atoms with Gasteiger partial charge in [0.05, 0.1) is 16.8 Å². The normalized spacial score (nSPS) is 11.4. The van der Waals surface area contributed by atoms with E-state index in [1.165, 1.54) is 11.3 Å². The van der Waals surface area contributed by atoms with Crippen LogP contribution in [-0.2, 0) is 7.05 Å². The second-order valence-corrected chi connectivity index (χ2v) is 8.13. The predicted molar refractivity (Wildman–Crippen MR) is 119 cm³/mol. The van der Waals surface area contributed by atoms with E-state index in [0.717, 1.165) is 29.9 Å². The molecule has 0 unspecified atom stereocenters. The predicted octanol–water partition coefficient (Wildman–Crippen LogP) is 3.99. The van der Waals surface area contributed by atoms with Gasteiger partial charge < -0.3 is 9.64 Å². The van der Waals surface area contributed by atoms with Gasteiger partial charge in [0, 0.05) is 31.9 Å². The second kappa shape index (κ2) is 9.11. The molecule has 29 heavy (non-hydrogen) atoms. The third-order valence-corrected chi connectivity index (χ3v) is 6.43. The van der Waals surface area contributed by atoms with Crippen molar-refractivity contribution in [3.63, 3.8) is 0 Å². The van der Waals surface area contributed by atoms with Gasteiger partial charge in [0.25, 0.3) is 5.91 Å². The average molecular weight is 436 g/mol. The van der Waals surface area contributed by atoms with Crippen molar-refractivity contribution in [3.8, 4) is 5.75 Å². The summed E-state index contributed by atoms with van der Waals surface area (Å²) < 4.78 is 7.90. The van der Waals surface area contributed by atoms with Crippen LogP contribution in [0.5, 0.6) is 5.75 Å². The number of hydrogen-bond donors (Lipinski definition) is 0. The molecular formula is C20H26ClN5O2S. The minimum Gasteiger partial charge on any atom is -0.494 e. The zero-order chi connectivity index (χ0) is 21.1. The van der Waals surface area contributed by atoms with Crippen molar-refractivity contribution in [2.45, 2.75) is 20.8 Å². The third kappa shape index (κ3) is 4.39. The van der Waals surface area contributed by atoms with E-state index in [0.29, 0.717) is 33.7 Å². The van der Waals surface area contributed by atoms with Gasteiger partial charge in [-0.15, -0.1) is 0 Å². The van der Waals surface area contributed by atoms with E-state index >= 15 is 0 Å². The first-order valence-corrected chi connectivity index (χ1v) is 10.8. The van der Waals surface area contributed by atoms with Gasteiger partial charge in [-0.2, -0.15) is 5.10 Å². The van der Waals surface area contributed by atoms with E-state index in [1.54, 1.807) is 28.8 Å². The summed E-state index contributed by atoms with van der Waals surface area (Å²) >= 11 is 7.78. The largest absolute Gasteiger partial charge is 0.494 e. The van der Waals surface area contributed by atoms with Crippen molar-refractivity contribution in [2.75, 3.05) is 38.2 Å². The maximum Gasteiger partial charge on any atom is 0.280 e. The van der Waals surface area contributed by atoms with Crippen LogP contribution in [-0.4, -0.2) is 58.9 Å². The number of benzene rings is 1. The van der Waals surface area contributed by atoms with Gasteiger partial charge >= 0.3 is 0 Å². The van der Waals surface area contributed by atoms with E-state index in [4.69, 9.17) is 21.3 Å². The summed E-state index contributed by atoms with van der Waals surface area (Å²) in [6, 6.07) is 3.58. The third-order valence-electron chi connectivity index (χ3n) is 4.89. The highest BCUT2D eigenvalue weighted by molar-refractivity contribution is 7.23. The molecule has 0 N–H and O–H groups in total. The zero-order valence-corrected chi connectivity index (χ0v) is 19.0. The molecule has 0 atom stereocenters. The van der Waals surface area contributed by atoms with Crippen LogP contribution in [0.4, 0.5) is 5.13 Å². The van der Waals surface area contributed by atoms with Crippen molar-refractivity contribution in [1.82, 2.24) is 19.7 Å². The van der Waals surface area contributed by atoms with Gasteiger partial charge in [-0.3, -0.25) is 14.4 Å². The number of aryl methyl sites for hydroxylation is 2. The summed E-state index contributed by atoms with van der Waals surface area (Å²) in [7, 11) is 3.41. The summed E-state index contributed by atoms with van der Waals surface area (Å²) in [6.07, 6.45) is 1.84. The zero-order valence-electron chi connectivity index (χ0n) is 17.4. The molecule has 0 aliphatic carbocycles. The van der Waals surface area contributed by atoms with E-state index in [2.05, 4.69) is 23.8 Å². The molecule has 0 fully saturated rings. The van der Waals surface area contributed by atoms with Crippen LogP contribution in [0.15, 0.2) is 18.3 Å². The number of nitrogens with zero attached hydrogens (tertiary/aromatic N) is 5. The maximum atomic E-state index is 13.4. The van der Waals surface area contributed by atoms with Crippen LogP contribution >= 0.6 is 22.9 Å². The molecule has 1 amide bonds. The Balaban J connectivity index is 2.05. The number of methoxy groups -OCH3 is 1. The summed E-state index contributed by atoms with van der Waals surface area (Å²) in [5.41, 5.74) is 1.94. The van der Waals surface area contributed by atoms with Crippen LogP contribution in [0.2, 0.25) is 5.02 Å². The number of anilines is 1. The number of fused-ring (bicyclic) bond motifs is 1. The Hall–Kier alpha value is -2.16. The Bertz CT molecular complexity index is 1010. The highest BCUT2D eigenvalue weighted by atomic mass is 35.5. The first-order chi connectivity index (χ1) is 13.9. The number of aromatic nitrogens is 3. The van der Waals surface area contributed by atoms with Gasteiger partial charge in [0.15, 0.2) is 10.8 Å². The van der Waals surface area contributed by atoms with Crippen LogP contribution in [0.1, 0.15) is 29.9 Å².